The minimum atomic E-state index is -0.401. The molecule has 1 saturated heterocycles. The number of carbonyl (C=O) groups excluding carboxylic acids is 1. The topological polar surface area (TPSA) is 41.6 Å². The van der Waals surface area contributed by atoms with Crippen molar-refractivity contribution in [3.05, 3.63) is 0 Å². The molecule has 0 aromatic carbocycles. The number of nitrogens with zero attached hydrogens (tertiary/aromatic N) is 1. The Morgan fingerprint density at radius 2 is 2.19 bits per heavy atom. The van der Waals surface area contributed by atoms with E-state index in [2.05, 4.69) is 12.2 Å². The summed E-state index contributed by atoms with van der Waals surface area (Å²) in [5, 5.41) is 3.42. The van der Waals surface area contributed by atoms with Gasteiger partial charge in [-0.05, 0) is 27.2 Å². The van der Waals surface area contributed by atoms with Crippen LogP contribution in [0.15, 0.2) is 0 Å². The van der Waals surface area contributed by atoms with Gasteiger partial charge in [-0.2, -0.15) is 0 Å². The van der Waals surface area contributed by atoms with Gasteiger partial charge in [0.25, 0.3) is 0 Å². The Kier molecular flexibility index (Phi) is 4.59. The van der Waals surface area contributed by atoms with Gasteiger partial charge in [-0.3, -0.25) is 0 Å². The van der Waals surface area contributed by atoms with Gasteiger partial charge in [-0.1, -0.05) is 13.3 Å². The third kappa shape index (κ3) is 4.39. The SMILES string of the molecule is CCCC1CN(C(=O)OC(C)(C)C)CCN1. The monoisotopic (exact) mass is 228 g/mol. The predicted octanol–water partition coefficient (Wildman–Crippen LogP) is 2.00. The van der Waals surface area contributed by atoms with Crippen LogP contribution < -0.4 is 5.32 Å². The van der Waals surface area contributed by atoms with Gasteiger partial charge in [0.05, 0.1) is 0 Å². The Morgan fingerprint density at radius 1 is 1.50 bits per heavy atom. The highest BCUT2D eigenvalue weighted by molar-refractivity contribution is 5.68. The second-order valence-corrected chi connectivity index (χ2v) is 5.37. The van der Waals surface area contributed by atoms with E-state index in [1.165, 1.54) is 0 Å². The number of amides is 1. The number of ether oxygens (including phenoxy) is 1. The van der Waals surface area contributed by atoms with Crippen LogP contribution in [0.3, 0.4) is 0 Å². The van der Waals surface area contributed by atoms with E-state index in [4.69, 9.17) is 4.74 Å². The molecule has 0 radical (unpaired) electrons. The lowest BCUT2D eigenvalue weighted by molar-refractivity contribution is 0.0192. The van der Waals surface area contributed by atoms with E-state index in [0.717, 1.165) is 32.5 Å². The molecular weight excluding hydrogens is 204 g/mol. The van der Waals surface area contributed by atoms with Crippen LogP contribution in [0.2, 0.25) is 0 Å². The van der Waals surface area contributed by atoms with Crippen LogP contribution in [0.5, 0.6) is 0 Å². The number of hydrogen-bond donors (Lipinski definition) is 1. The van der Waals surface area contributed by atoms with Crippen molar-refractivity contribution in [3.63, 3.8) is 0 Å². The smallest absolute Gasteiger partial charge is 0.410 e. The molecule has 0 saturated carbocycles. The van der Waals surface area contributed by atoms with E-state index in [1.807, 2.05) is 25.7 Å². The Hall–Kier alpha value is -0.770. The van der Waals surface area contributed by atoms with Crippen molar-refractivity contribution in [3.8, 4) is 0 Å². The molecule has 1 heterocycles. The highest BCUT2D eigenvalue weighted by Gasteiger charge is 2.26. The lowest BCUT2D eigenvalue weighted by Gasteiger charge is -2.34. The van der Waals surface area contributed by atoms with Crippen LogP contribution in [-0.2, 0) is 4.74 Å². The van der Waals surface area contributed by atoms with Gasteiger partial charge < -0.3 is 15.0 Å². The largest absolute Gasteiger partial charge is 0.444 e. The Bertz CT molecular complexity index is 234. The molecule has 16 heavy (non-hydrogen) atoms. The average Bonchev–Trinajstić information content (AvgIpc) is 2.16. The van der Waals surface area contributed by atoms with Crippen molar-refractivity contribution < 1.29 is 9.53 Å². The maximum Gasteiger partial charge on any atom is 0.410 e. The van der Waals surface area contributed by atoms with E-state index in [0.29, 0.717) is 6.04 Å². The van der Waals surface area contributed by atoms with E-state index in [9.17, 15) is 4.79 Å². The second kappa shape index (κ2) is 5.53. The molecule has 1 amide bonds. The number of carbonyl (C=O) groups is 1. The number of rotatable bonds is 2. The van der Waals surface area contributed by atoms with Gasteiger partial charge in [0.2, 0.25) is 0 Å². The van der Waals surface area contributed by atoms with E-state index in [-0.39, 0.29) is 6.09 Å². The third-order valence-electron chi connectivity index (χ3n) is 2.54. The molecule has 0 aliphatic carbocycles. The average molecular weight is 228 g/mol. The molecule has 1 atom stereocenters. The molecule has 0 bridgehead atoms. The molecule has 1 rings (SSSR count). The molecule has 0 aromatic rings. The standard InChI is InChI=1S/C12H24N2O2/c1-5-6-10-9-14(8-7-13-10)11(15)16-12(2,3)4/h10,13H,5-9H2,1-4H3. The van der Waals surface area contributed by atoms with E-state index >= 15 is 0 Å². The molecule has 1 unspecified atom stereocenters. The molecule has 1 N–H and O–H groups in total. The zero-order valence-electron chi connectivity index (χ0n) is 10.9. The van der Waals surface area contributed by atoms with Gasteiger partial charge in [-0.25, -0.2) is 4.79 Å². The first-order chi connectivity index (χ1) is 7.42. The number of nitrogens with one attached hydrogen (secondary N) is 1. The summed E-state index contributed by atoms with van der Waals surface area (Å²) in [5.41, 5.74) is -0.401. The van der Waals surface area contributed by atoms with Crippen molar-refractivity contribution in [2.75, 3.05) is 19.6 Å². The highest BCUT2D eigenvalue weighted by atomic mass is 16.6. The minimum absolute atomic E-state index is 0.185. The first kappa shape index (κ1) is 13.3. The fourth-order valence-corrected chi connectivity index (χ4v) is 1.86. The summed E-state index contributed by atoms with van der Waals surface area (Å²) in [4.78, 5) is 13.6. The second-order valence-electron chi connectivity index (χ2n) is 5.37. The van der Waals surface area contributed by atoms with Crippen molar-refractivity contribution in [2.24, 2.45) is 0 Å². The van der Waals surface area contributed by atoms with Gasteiger partial charge in [0.1, 0.15) is 5.60 Å². The van der Waals surface area contributed by atoms with Gasteiger partial charge in [0.15, 0.2) is 0 Å². The van der Waals surface area contributed by atoms with Crippen LogP contribution in [0.4, 0.5) is 4.79 Å². The molecule has 4 nitrogen and oxygen atoms in total. The maximum absolute atomic E-state index is 11.8. The lowest BCUT2D eigenvalue weighted by atomic mass is 10.1. The predicted molar refractivity (Wildman–Crippen MR) is 64.5 cm³/mol. The Balaban J connectivity index is 2.44. The molecule has 0 spiro atoms. The quantitative estimate of drug-likeness (QED) is 0.786. The van der Waals surface area contributed by atoms with Gasteiger partial charge in [-0.15, -0.1) is 0 Å². The maximum atomic E-state index is 11.8. The zero-order valence-corrected chi connectivity index (χ0v) is 10.9. The van der Waals surface area contributed by atoms with E-state index in [1.54, 1.807) is 0 Å². The summed E-state index contributed by atoms with van der Waals surface area (Å²) >= 11 is 0. The van der Waals surface area contributed by atoms with Crippen LogP contribution in [-0.4, -0.2) is 42.3 Å². The Labute approximate surface area is 98.3 Å². The van der Waals surface area contributed by atoms with Crippen molar-refractivity contribution in [2.45, 2.75) is 52.2 Å². The summed E-state index contributed by atoms with van der Waals surface area (Å²) in [6, 6.07) is 0.422. The van der Waals surface area contributed by atoms with Crippen LogP contribution in [0, 0.1) is 0 Å². The highest BCUT2D eigenvalue weighted by Crippen LogP contribution is 2.12. The van der Waals surface area contributed by atoms with Crippen LogP contribution in [0.25, 0.3) is 0 Å². The first-order valence-corrected chi connectivity index (χ1v) is 6.13. The lowest BCUT2D eigenvalue weighted by Crippen LogP contribution is -2.53. The normalized spacial score (nSPS) is 22.0. The van der Waals surface area contributed by atoms with Gasteiger partial charge >= 0.3 is 6.09 Å². The summed E-state index contributed by atoms with van der Waals surface area (Å²) < 4.78 is 5.36. The Morgan fingerprint density at radius 3 is 2.75 bits per heavy atom. The molecule has 4 heteroatoms. The van der Waals surface area contributed by atoms with Crippen LogP contribution >= 0.6 is 0 Å². The summed E-state index contributed by atoms with van der Waals surface area (Å²) in [6.07, 6.45) is 2.06. The fraction of sp³-hybridized carbons (Fsp3) is 0.917. The third-order valence-corrected chi connectivity index (χ3v) is 2.54. The summed E-state index contributed by atoms with van der Waals surface area (Å²) in [7, 11) is 0. The number of hydrogen-bond acceptors (Lipinski definition) is 3. The van der Waals surface area contributed by atoms with Gasteiger partial charge in [0, 0.05) is 25.7 Å². The summed E-state index contributed by atoms with van der Waals surface area (Å²) in [6.45, 7) is 10.2. The zero-order chi connectivity index (χ0) is 12.2. The summed E-state index contributed by atoms with van der Waals surface area (Å²) in [5.74, 6) is 0. The molecule has 1 fully saturated rings. The minimum Gasteiger partial charge on any atom is -0.444 e. The molecular formula is C12H24N2O2. The van der Waals surface area contributed by atoms with Crippen molar-refractivity contribution in [1.82, 2.24) is 10.2 Å². The fourth-order valence-electron chi connectivity index (χ4n) is 1.86. The number of piperazine rings is 1. The van der Waals surface area contributed by atoms with Crippen LogP contribution in [0.1, 0.15) is 40.5 Å². The van der Waals surface area contributed by atoms with Crippen molar-refractivity contribution >= 4 is 6.09 Å². The molecule has 1 aliphatic heterocycles. The molecule has 0 aromatic heterocycles. The van der Waals surface area contributed by atoms with Crippen molar-refractivity contribution in [1.29, 1.82) is 0 Å². The first-order valence-electron chi connectivity index (χ1n) is 6.13. The molecule has 1 aliphatic rings. The molecule has 94 valence electrons. The van der Waals surface area contributed by atoms with E-state index < -0.39 is 5.60 Å².